The van der Waals surface area contributed by atoms with E-state index < -0.39 is 18.8 Å². The second-order valence-electron chi connectivity index (χ2n) is 5.86. The molecule has 1 aromatic heterocycles. The van der Waals surface area contributed by atoms with Gasteiger partial charge in [0.15, 0.2) is 5.96 Å². The maximum Gasteiger partial charge on any atom is 0.401 e. The second kappa shape index (κ2) is 9.07. The highest BCUT2D eigenvalue weighted by Gasteiger charge is 2.34. The number of aliphatic imine (C=N–C) groups is 1. The molecule has 0 spiro atoms. The van der Waals surface area contributed by atoms with E-state index in [0.29, 0.717) is 36.4 Å². The van der Waals surface area contributed by atoms with Crippen molar-refractivity contribution >= 4 is 28.9 Å². The van der Waals surface area contributed by atoms with Crippen molar-refractivity contribution in [1.82, 2.24) is 15.5 Å². The number of rotatable bonds is 6. The van der Waals surface area contributed by atoms with Crippen LogP contribution in [0.2, 0.25) is 4.34 Å². The fraction of sp³-hybridized carbons (Fsp3) is 0.667. The van der Waals surface area contributed by atoms with Gasteiger partial charge in [0.25, 0.3) is 0 Å². The van der Waals surface area contributed by atoms with Crippen molar-refractivity contribution in [2.45, 2.75) is 31.7 Å². The topological polar surface area (TPSA) is 59.9 Å². The smallest absolute Gasteiger partial charge is 0.386 e. The van der Waals surface area contributed by atoms with Gasteiger partial charge in [-0.05, 0) is 25.5 Å². The molecule has 1 aromatic rings. The Morgan fingerprint density at radius 1 is 1.52 bits per heavy atom. The summed E-state index contributed by atoms with van der Waals surface area (Å²) in [5.41, 5.74) is 0. The quantitative estimate of drug-likeness (QED) is 0.509. The van der Waals surface area contributed by atoms with Crippen LogP contribution >= 0.6 is 22.9 Å². The van der Waals surface area contributed by atoms with Crippen molar-refractivity contribution in [2.75, 3.05) is 32.7 Å². The molecule has 10 heteroatoms. The molecule has 2 unspecified atom stereocenters. The van der Waals surface area contributed by atoms with Gasteiger partial charge in [0.1, 0.15) is 6.10 Å². The van der Waals surface area contributed by atoms with Crippen molar-refractivity contribution in [3.05, 3.63) is 21.3 Å². The molecule has 1 aliphatic heterocycles. The zero-order valence-corrected chi connectivity index (χ0v) is 15.4. The summed E-state index contributed by atoms with van der Waals surface area (Å²) in [5.74, 6) is 0.489. The standard InChI is InChI=1S/C15H22ClF3N4OS/c1-2-20-14(21-7-11(24)12-3-4-13(16)25-12)22-10-5-6-23(8-10)9-15(17,18)19/h3-4,10-11,24H,2,5-9H2,1H3,(H2,20,21,22). The van der Waals surface area contributed by atoms with Crippen LogP contribution in [-0.2, 0) is 0 Å². The van der Waals surface area contributed by atoms with Gasteiger partial charge >= 0.3 is 6.18 Å². The number of alkyl halides is 3. The first-order chi connectivity index (χ1) is 11.8. The Morgan fingerprint density at radius 2 is 2.28 bits per heavy atom. The molecule has 25 heavy (non-hydrogen) atoms. The summed E-state index contributed by atoms with van der Waals surface area (Å²) in [6.07, 6.45) is -4.33. The Morgan fingerprint density at radius 3 is 2.88 bits per heavy atom. The zero-order valence-electron chi connectivity index (χ0n) is 13.8. The Kier molecular flexibility index (Phi) is 7.36. The lowest BCUT2D eigenvalue weighted by Gasteiger charge is -2.20. The van der Waals surface area contributed by atoms with E-state index in [1.54, 1.807) is 12.1 Å². The van der Waals surface area contributed by atoms with Crippen LogP contribution in [0.1, 0.15) is 24.3 Å². The van der Waals surface area contributed by atoms with E-state index in [9.17, 15) is 18.3 Å². The summed E-state index contributed by atoms with van der Waals surface area (Å²) >= 11 is 7.14. The van der Waals surface area contributed by atoms with E-state index in [4.69, 9.17) is 11.6 Å². The number of guanidine groups is 1. The maximum absolute atomic E-state index is 12.5. The van der Waals surface area contributed by atoms with Gasteiger partial charge < -0.3 is 15.7 Å². The number of nitrogens with one attached hydrogen (secondary N) is 2. The molecular weight excluding hydrogens is 377 g/mol. The monoisotopic (exact) mass is 398 g/mol. The molecule has 2 atom stereocenters. The minimum absolute atomic E-state index is 0.103. The fourth-order valence-electron chi connectivity index (χ4n) is 2.64. The van der Waals surface area contributed by atoms with Crippen LogP contribution in [0.15, 0.2) is 17.1 Å². The van der Waals surface area contributed by atoms with Crippen LogP contribution in [0.3, 0.4) is 0 Å². The summed E-state index contributed by atoms with van der Waals surface area (Å²) in [4.78, 5) is 6.43. The number of hydrogen-bond acceptors (Lipinski definition) is 4. The molecule has 0 saturated carbocycles. The molecule has 1 saturated heterocycles. The van der Waals surface area contributed by atoms with Gasteiger partial charge in [0.05, 0.1) is 17.4 Å². The van der Waals surface area contributed by atoms with Crippen molar-refractivity contribution in [2.24, 2.45) is 4.99 Å². The molecule has 0 amide bonds. The number of aliphatic hydroxyl groups is 1. The van der Waals surface area contributed by atoms with Gasteiger partial charge in [0, 0.05) is 30.6 Å². The third-order valence-corrected chi connectivity index (χ3v) is 5.04. The van der Waals surface area contributed by atoms with Crippen LogP contribution in [0.4, 0.5) is 13.2 Å². The maximum atomic E-state index is 12.5. The van der Waals surface area contributed by atoms with Crippen LogP contribution in [0.25, 0.3) is 0 Å². The van der Waals surface area contributed by atoms with E-state index in [0.717, 1.165) is 4.88 Å². The van der Waals surface area contributed by atoms with E-state index in [-0.39, 0.29) is 12.6 Å². The molecule has 142 valence electrons. The average Bonchev–Trinajstić information content (AvgIpc) is 3.12. The molecule has 5 nitrogen and oxygen atoms in total. The molecular formula is C15H22ClF3N4OS. The average molecular weight is 399 g/mol. The van der Waals surface area contributed by atoms with E-state index >= 15 is 0 Å². The van der Waals surface area contributed by atoms with E-state index in [2.05, 4.69) is 15.6 Å². The van der Waals surface area contributed by atoms with Gasteiger partial charge in [-0.15, -0.1) is 11.3 Å². The highest BCUT2D eigenvalue weighted by atomic mass is 35.5. The summed E-state index contributed by atoms with van der Waals surface area (Å²) in [5, 5.41) is 16.3. The lowest BCUT2D eigenvalue weighted by Crippen LogP contribution is -2.45. The molecule has 0 bridgehead atoms. The van der Waals surface area contributed by atoms with Gasteiger partial charge in [-0.2, -0.15) is 13.2 Å². The summed E-state index contributed by atoms with van der Waals surface area (Å²) in [7, 11) is 0. The van der Waals surface area contributed by atoms with Gasteiger partial charge in [-0.25, -0.2) is 0 Å². The predicted molar refractivity (Wildman–Crippen MR) is 94.3 cm³/mol. The van der Waals surface area contributed by atoms with Crippen molar-refractivity contribution in [3.63, 3.8) is 0 Å². The first-order valence-electron chi connectivity index (χ1n) is 8.04. The Balaban J connectivity index is 1.87. The SMILES string of the molecule is CCNC(=NCC(O)c1ccc(Cl)s1)NC1CCN(CC(F)(F)F)C1. The molecule has 0 radical (unpaired) electrons. The summed E-state index contributed by atoms with van der Waals surface area (Å²) in [6, 6.07) is 3.36. The van der Waals surface area contributed by atoms with Gasteiger partial charge in [-0.3, -0.25) is 9.89 Å². The van der Waals surface area contributed by atoms with Crippen LogP contribution in [0.5, 0.6) is 0 Å². The minimum Gasteiger partial charge on any atom is -0.386 e. The number of nitrogens with zero attached hydrogens (tertiary/aromatic N) is 2. The highest BCUT2D eigenvalue weighted by Crippen LogP contribution is 2.27. The first-order valence-corrected chi connectivity index (χ1v) is 9.23. The van der Waals surface area contributed by atoms with Crippen LogP contribution in [0, 0.1) is 0 Å². The zero-order chi connectivity index (χ0) is 18.4. The Bertz CT molecular complexity index is 581. The molecule has 1 aliphatic rings. The normalized spacial score (nSPS) is 20.7. The first kappa shape index (κ1) is 20.3. The Hall–Kier alpha value is -1.03. The summed E-state index contributed by atoms with van der Waals surface area (Å²) in [6.45, 7) is 2.48. The fourth-order valence-corrected chi connectivity index (χ4v) is 3.67. The lowest BCUT2D eigenvalue weighted by atomic mass is 10.3. The van der Waals surface area contributed by atoms with Crippen molar-refractivity contribution in [1.29, 1.82) is 0 Å². The third kappa shape index (κ3) is 7.01. The van der Waals surface area contributed by atoms with Crippen LogP contribution < -0.4 is 10.6 Å². The molecule has 2 rings (SSSR count). The molecule has 1 fully saturated rings. The van der Waals surface area contributed by atoms with Gasteiger partial charge in [0.2, 0.25) is 0 Å². The predicted octanol–water partition coefficient (Wildman–Crippen LogP) is 2.63. The summed E-state index contributed by atoms with van der Waals surface area (Å²) < 4.78 is 38.0. The van der Waals surface area contributed by atoms with E-state index in [1.807, 2.05) is 6.92 Å². The minimum atomic E-state index is -4.18. The lowest BCUT2D eigenvalue weighted by molar-refractivity contribution is -0.143. The third-order valence-electron chi connectivity index (χ3n) is 3.71. The number of halogens is 4. The van der Waals surface area contributed by atoms with Crippen LogP contribution in [-0.4, -0.2) is 60.9 Å². The molecule has 2 heterocycles. The van der Waals surface area contributed by atoms with E-state index in [1.165, 1.54) is 16.2 Å². The van der Waals surface area contributed by atoms with Crippen molar-refractivity contribution < 1.29 is 18.3 Å². The Labute approximate surface area is 153 Å². The highest BCUT2D eigenvalue weighted by molar-refractivity contribution is 7.16. The number of hydrogen-bond donors (Lipinski definition) is 3. The molecule has 3 N–H and O–H groups in total. The molecule has 0 aliphatic carbocycles. The number of thiophene rings is 1. The van der Waals surface area contributed by atoms with Gasteiger partial charge in [-0.1, -0.05) is 11.6 Å². The second-order valence-corrected chi connectivity index (χ2v) is 7.60. The molecule has 0 aromatic carbocycles. The number of likely N-dealkylation sites (tertiary alicyclic amines) is 1. The largest absolute Gasteiger partial charge is 0.401 e. The van der Waals surface area contributed by atoms with Crippen molar-refractivity contribution in [3.8, 4) is 0 Å². The number of aliphatic hydroxyl groups excluding tert-OH is 1.